The summed E-state index contributed by atoms with van der Waals surface area (Å²) in [5.74, 6) is 0.179. The summed E-state index contributed by atoms with van der Waals surface area (Å²) in [7, 11) is 0. The van der Waals surface area contributed by atoms with Crippen LogP contribution in [0.4, 0.5) is 10.2 Å². The van der Waals surface area contributed by atoms with Crippen molar-refractivity contribution in [1.29, 1.82) is 0 Å². The minimum Gasteiger partial charge on any atom is -0.353 e. The Kier molecular flexibility index (Phi) is 6.30. The van der Waals surface area contributed by atoms with Gasteiger partial charge in [-0.1, -0.05) is 42.5 Å². The summed E-state index contributed by atoms with van der Waals surface area (Å²) in [6.07, 6.45) is 1.56. The van der Waals surface area contributed by atoms with Gasteiger partial charge in [-0.05, 0) is 23.8 Å². The number of carbonyl (C=O) groups is 1. The molecule has 0 N–H and O–H groups in total. The molecule has 0 bridgehead atoms. The molecule has 9 heteroatoms. The monoisotopic (exact) mass is 470 g/mol. The first-order valence-corrected chi connectivity index (χ1v) is 11.3. The number of benzene rings is 2. The van der Waals surface area contributed by atoms with Crippen LogP contribution in [0.25, 0.3) is 11.3 Å². The molecule has 176 valence electrons. The van der Waals surface area contributed by atoms with Crippen molar-refractivity contribution in [2.45, 2.75) is 6.54 Å². The molecule has 0 radical (unpaired) electrons. The minimum atomic E-state index is -0.389. The molecule has 2 aromatic heterocycles. The lowest BCUT2D eigenvalue weighted by Gasteiger charge is -2.35. The number of amides is 1. The molecule has 1 amide bonds. The molecule has 0 spiro atoms. The fourth-order valence-corrected chi connectivity index (χ4v) is 4.07. The summed E-state index contributed by atoms with van der Waals surface area (Å²) in [4.78, 5) is 38.0. The summed E-state index contributed by atoms with van der Waals surface area (Å²) < 4.78 is 14.7. The number of anilines is 1. The van der Waals surface area contributed by atoms with E-state index in [9.17, 15) is 14.0 Å². The highest BCUT2D eigenvalue weighted by Gasteiger charge is 2.24. The minimum absolute atomic E-state index is 0.0863. The van der Waals surface area contributed by atoms with Crippen LogP contribution in [0.2, 0.25) is 0 Å². The van der Waals surface area contributed by atoms with Crippen molar-refractivity contribution in [1.82, 2.24) is 24.6 Å². The second-order valence-corrected chi connectivity index (χ2v) is 8.25. The van der Waals surface area contributed by atoms with Crippen molar-refractivity contribution in [2.75, 3.05) is 31.1 Å². The third-order valence-corrected chi connectivity index (χ3v) is 5.92. The van der Waals surface area contributed by atoms with Gasteiger partial charge in [0.05, 0.1) is 12.2 Å². The molecular weight excluding hydrogens is 447 g/mol. The van der Waals surface area contributed by atoms with Crippen molar-refractivity contribution in [3.8, 4) is 11.3 Å². The van der Waals surface area contributed by atoms with Crippen molar-refractivity contribution in [3.63, 3.8) is 0 Å². The van der Waals surface area contributed by atoms with E-state index in [4.69, 9.17) is 0 Å². The normalized spacial score (nSPS) is 13.6. The zero-order chi connectivity index (χ0) is 24.2. The first kappa shape index (κ1) is 22.4. The van der Waals surface area contributed by atoms with Crippen LogP contribution in [0.15, 0.2) is 83.9 Å². The molecule has 3 heterocycles. The van der Waals surface area contributed by atoms with Crippen LogP contribution < -0.4 is 10.5 Å². The highest BCUT2D eigenvalue weighted by molar-refractivity contribution is 5.92. The summed E-state index contributed by atoms with van der Waals surface area (Å²) in [5, 5.41) is 4.25. The second-order valence-electron chi connectivity index (χ2n) is 8.25. The van der Waals surface area contributed by atoms with Gasteiger partial charge in [-0.15, -0.1) is 0 Å². The number of hydrogen-bond acceptors (Lipinski definition) is 6. The maximum absolute atomic E-state index is 13.5. The molecule has 5 rings (SSSR count). The third-order valence-electron chi connectivity index (χ3n) is 5.92. The van der Waals surface area contributed by atoms with E-state index < -0.39 is 0 Å². The molecule has 4 aromatic rings. The molecule has 35 heavy (non-hydrogen) atoms. The molecular formula is C26H23FN6O2. The molecule has 1 fully saturated rings. The molecule has 2 aromatic carbocycles. The maximum Gasteiger partial charge on any atom is 0.274 e. The van der Waals surface area contributed by atoms with Gasteiger partial charge in [-0.3, -0.25) is 9.59 Å². The van der Waals surface area contributed by atoms with Gasteiger partial charge in [0.15, 0.2) is 0 Å². The molecule has 0 saturated carbocycles. The number of carbonyl (C=O) groups excluding carboxylic acids is 1. The first-order chi connectivity index (χ1) is 17.1. The van der Waals surface area contributed by atoms with E-state index in [0.29, 0.717) is 31.7 Å². The Morgan fingerprint density at radius 2 is 1.69 bits per heavy atom. The van der Waals surface area contributed by atoms with E-state index in [0.717, 1.165) is 17.1 Å². The lowest BCUT2D eigenvalue weighted by molar-refractivity contribution is 0.0737. The number of halogens is 1. The average molecular weight is 471 g/mol. The predicted octanol–water partition coefficient (Wildman–Crippen LogP) is 2.85. The number of rotatable bonds is 5. The van der Waals surface area contributed by atoms with E-state index >= 15 is 0 Å². The summed E-state index contributed by atoms with van der Waals surface area (Å²) in [6.45, 7) is 2.30. The quantitative estimate of drug-likeness (QED) is 0.446. The molecule has 0 unspecified atom stereocenters. The Morgan fingerprint density at radius 3 is 2.46 bits per heavy atom. The zero-order valence-corrected chi connectivity index (χ0v) is 18.9. The van der Waals surface area contributed by atoms with Gasteiger partial charge in [0.2, 0.25) is 0 Å². The SMILES string of the molecule is O=C(c1ccc(=O)n(Cc2cccc(F)c2)n1)N1CCN(c2cc(-c3ccccc3)ncn2)CC1. The van der Waals surface area contributed by atoms with E-state index in [1.807, 2.05) is 36.4 Å². The van der Waals surface area contributed by atoms with Gasteiger partial charge in [0.1, 0.15) is 23.7 Å². The maximum atomic E-state index is 13.5. The first-order valence-electron chi connectivity index (χ1n) is 11.3. The summed E-state index contributed by atoms with van der Waals surface area (Å²) in [6, 6.07) is 20.6. The van der Waals surface area contributed by atoms with Crippen molar-refractivity contribution < 1.29 is 9.18 Å². The fraction of sp³-hybridized carbons (Fsp3) is 0.192. The van der Waals surface area contributed by atoms with Crippen LogP contribution in [-0.4, -0.2) is 56.7 Å². The smallest absolute Gasteiger partial charge is 0.274 e. The van der Waals surface area contributed by atoms with E-state index in [1.165, 1.54) is 28.9 Å². The number of hydrogen-bond donors (Lipinski definition) is 0. The zero-order valence-electron chi connectivity index (χ0n) is 18.9. The molecule has 8 nitrogen and oxygen atoms in total. The number of piperazine rings is 1. The topological polar surface area (TPSA) is 84.2 Å². The van der Waals surface area contributed by atoms with Gasteiger partial charge in [-0.25, -0.2) is 19.0 Å². The van der Waals surface area contributed by atoms with Gasteiger partial charge in [-0.2, -0.15) is 5.10 Å². The molecule has 1 saturated heterocycles. The van der Waals surface area contributed by atoms with Crippen LogP contribution in [0.3, 0.4) is 0 Å². The summed E-state index contributed by atoms with van der Waals surface area (Å²) in [5.41, 5.74) is 2.29. The van der Waals surface area contributed by atoms with E-state index in [-0.39, 0.29) is 29.5 Å². The van der Waals surface area contributed by atoms with Gasteiger partial charge in [0.25, 0.3) is 11.5 Å². The lowest BCUT2D eigenvalue weighted by Crippen LogP contribution is -2.49. The van der Waals surface area contributed by atoms with Gasteiger partial charge in [0, 0.05) is 43.9 Å². The molecule has 0 atom stereocenters. The third kappa shape index (κ3) is 5.08. The fourth-order valence-electron chi connectivity index (χ4n) is 4.07. The largest absolute Gasteiger partial charge is 0.353 e. The Bertz CT molecular complexity index is 1400. The van der Waals surface area contributed by atoms with Crippen molar-refractivity contribution >= 4 is 11.7 Å². The van der Waals surface area contributed by atoms with Crippen molar-refractivity contribution in [3.05, 3.63) is 107 Å². The Balaban J connectivity index is 1.26. The van der Waals surface area contributed by atoms with Crippen LogP contribution in [0.5, 0.6) is 0 Å². The van der Waals surface area contributed by atoms with E-state index in [1.54, 1.807) is 23.4 Å². The van der Waals surface area contributed by atoms with E-state index in [2.05, 4.69) is 20.0 Å². The van der Waals surface area contributed by atoms with Crippen LogP contribution in [0.1, 0.15) is 16.1 Å². The Labute approximate surface area is 201 Å². The standard InChI is InChI=1S/C26H23FN6O2/c27-21-8-4-5-19(15-21)17-33-25(34)10-9-22(30-33)26(35)32-13-11-31(12-14-32)24-16-23(28-18-29-24)20-6-2-1-3-7-20/h1-10,15-16,18H,11-14,17H2. The molecule has 1 aliphatic rings. The van der Waals surface area contributed by atoms with Crippen LogP contribution >= 0.6 is 0 Å². The van der Waals surface area contributed by atoms with Crippen molar-refractivity contribution in [2.24, 2.45) is 0 Å². The summed E-state index contributed by atoms with van der Waals surface area (Å²) >= 11 is 0. The average Bonchev–Trinajstić information content (AvgIpc) is 2.90. The predicted molar refractivity (Wildman–Crippen MR) is 130 cm³/mol. The van der Waals surface area contributed by atoms with Gasteiger partial charge < -0.3 is 9.80 Å². The number of aromatic nitrogens is 4. The lowest BCUT2D eigenvalue weighted by atomic mass is 10.1. The van der Waals surface area contributed by atoms with Gasteiger partial charge >= 0.3 is 0 Å². The Hall–Kier alpha value is -4.40. The van der Waals surface area contributed by atoms with Crippen LogP contribution in [-0.2, 0) is 6.54 Å². The highest BCUT2D eigenvalue weighted by atomic mass is 19.1. The highest BCUT2D eigenvalue weighted by Crippen LogP contribution is 2.21. The Morgan fingerprint density at radius 1 is 0.886 bits per heavy atom. The second kappa shape index (κ2) is 9.84. The van der Waals surface area contributed by atoms with Crippen LogP contribution in [0, 0.1) is 5.82 Å². The molecule has 1 aliphatic heterocycles. The number of nitrogens with zero attached hydrogens (tertiary/aromatic N) is 6. The molecule has 0 aliphatic carbocycles.